The van der Waals surface area contributed by atoms with Crippen LogP contribution in [0.4, 0.5) is 18.9 Å². The first-order valence-electron chi connectivity index (χ1n) is 9.42. The van der Waals surface area contributed by atoms with Gasteiger partial charge in [-0.3, -0.25) is 4.98 Å². The molecule has 1 fully saturated rings. The van der Waals surface area contributed by atoms with E-state index in [0.29, 0.717) is 17.1 Å². The molecule has 4 rings (SSSR count). The van der Waals surface area contributed by atoms with Crippen LogP contribution in [0.5, 0.6) is 5.75 Å². The molecule has 1 aromatic carbocycles. The fraction of sp³-hybridized carbons (Fsp3) is 0.316. The van der Waals surface area contributed by atoms with Crippen LogP contribution in [0.15, 0.2) is 46.3 Å². The van der Waals surface area contributed by atoms with Crippen LogP contribution < -0.4 is 10.5 Å². The smallest absolute Gasteiger partial charge is 0.406 e. The predicted octanol–water partition coefficient (Wildman–Crippen LogP) is 3.64. The van der Waals surface area contributed by atoms with Crippen LogP contribution in [0.3, 0.4) is 0 Å². The van der Waals surface area contributed by atoms with Gasteiger partial charge in [0.2, 0.25) is 9.84 Å². The van der Waals surface area contributed by atoms with Crippen molar-refractivity contribution >= 4 is 26.9 Å². The first kappa shape index (κ1) is 22.4. The molecule has 2 N–H and O–H groups in total. The van der Waals surface area contributed by atoms with Crippen molar-refractivity contribution in [1.29, 1.82) is 0 Å². The highest BCUT2D eigenvalue weighted by molar-refractivity contribution is 7.91. The van der Waals surface area contributed by atoms with E-state index in [1.165, 1.54) is 17.4 Å². The van der Waals surface area contributed by atoms with E-state index in [1.807, 2.05) is 0 Å². The zero-order valence-electron chi connectivity index (χ0n) is 16.4. The number of alkyl halides is 3. The van der Waals surface area contributed by atoms with Gasteiger partial charge in [0.25, 0.3) is 0 Å². The lowest BCUT2D eigenvalue weighted by atomic mass is 10.2. The number of hydrogen-bond acceptors (Lipinski definition) is 9. The maximum Gasteiger partial charge on any atom is 0.573 e. The summed E-state index contributed by atoms with van der Waals surface area (Å²) in [6, 6.07) is 5.11. The van der Waals surface area contributed by atoms with Crippen molar-refractivity contribution in [2.24, 2.45) is 0 Å². The zero-order chi connectivity index (χ0) is 22.9. The lowest BCUT2D eigenvalue weighted by Gasteiger charge is -2.10. The van der Waals surface area contributed by atoms with Gasteiger partial charge in [-0.25, -0.2) is 8.42 Å². The lowest BCUT2D eigenvalue weighted by molar-refractivity contribution is -0.274. The number of hydrogen-bond donors (Lipinski definition) is 1. The Bertz CT molecular complexity index is 1210. The van der Waals surface area contributed by atoms with Crippen LogP contribution in [-0.2, 0) is 21.0 Å². The molecule has 2 aromatic heterocycles. The van der Waals surface area contributed by atoms with Gasteiger partial charge in [0.1, 0.15) is 16.5 Å². The summed E-state index contributed by atoms with van der Waals surface area (Å²) in [6.07, 6.45) is -1.02. The van der Waals surface area contributed by atoms with Crippen LogP contribution in [-0.4, -0.2) is 42.7 Å². The molecule has 3 aromatic rings. The van der Waals surface area contributed by atoms with Gasteiger partial charge < -0.3 is 15.2 Å². The van der Waals surface area contributed by atoms with Crippen molar-refractivity contribution < 1.29 is 31.1 Å². The molecule has 1 atom stereocenters. The predicted molar refractivity (Wildman–Crippen MR) is 109 cm³/mol. The summed E-state index contributed by atoms with van der Waals surface area (Å²) in [5.74, 6) is -0.528. The minimum Gasteiger partial charge on any atom is -0.406 e. The Morgan fingerprint density at radius 2 is 1.94 bits per heavy atom. The first-order valence-corrected chi connectivity index (χ1v) is 11.7. The molecular weight excluding hydrogens is 469 g/mol. The minimum absolute atomic E-state index is 0.0860. The van der Waals surface area contributed by atoms with Gasteiger partial charge in [-0.15, -0.1) is 23.4 Å². The number of nitrogen functional groups attached to an aromatic ring is 1. The third kappa shape index (κ3) is 5.00. The largest absolute Gasteiger partial charge is 0.573 e. The minimum atomic E-state index is -4.87. The normalized spacial score (nSPS) is 16.9. The van der Waals surface area contributed by atoms with E-state index < -0.39 is 21.9 Å². The van der Waals surface area contributed by atoms with Crippen LogP contribution in [0.25, 0.3) is 10.7 Å². The molecule has 0 bridgehead atoms. The van der Waals surface area contributed by atoms with Crippen molar-refractivity contribution in [3.63, 3.8) is 0 Å². The van der Waals surface area contributed by atoms with Crippen molar-refractivity contribution in [3.8, 4) is 16.5 Å². The Labute approximate surface area is 185 Å². The second-order valence-electron chi connectivity index (χ2n) is 6.97. The number of anilines is 1. The number of ether oxygens (including phenoxy) is 2. The van der Waals surface area contributed by atoms with Gasteiger partial charge in [-0.1, -0.05) is 11.3 Å². The molecule has 0 spiro atoms. The SMILES string of the molecule is Nc1cc(S(=O)(=O)c2ccc(OC(F)(F)F)cc2)cnc1-c1nnc(CC2CCCO2)s1. The Balaban J connectivity index is 1.54. The van der Waals surface area contributed by atoms with E-state index in [0.717, 1.165) is 54.9 Å². The number of nitrogens with two attached hydrogens (primary N) is 1. The summed E-state index contributed by atoms with van der Waals surface area (Å²) >= 11 is 1.30. The summed E-state index contributed by atoms with van der Waals surface area (Å²) in [5.41, 5.74) is 6.42. The number of nitrogens with zero attached hydrogens (tertiary/aromatic N) is 3. The molecule has 8 nitrogen and oxygen atoms in total. The monoisotopic (exact) mass is 486 g/mol. The van der Waals surface area contributed by atoms with Gasteiger partial charge >= 0.3 is 6.36 Å². The van der Waals surface area contributed by atoms with Crippen LogP contribution in [0.1, 0.15) is 17.8 Å². The van der Waals surface area contributed by atoms with E-state index in [1.54, 1.807) is 0 Å². The average Bonchev–Trinajstić information content (AvgIpc) is 3.40. The maximum atomic E-state index is 12.8. The fourth-order valence-corrected chi connectivity index (χ4v) is 5.34. The lowest BCUT2D eigenvalue weighted by Crippen LogP contribution is -2.17. The molecule has 32 heavy (non-hydrogen) atoms. The van der Waals surface area contributed by atoms with E-state index in [2.05, 4.69) is 19.9 Å². The van der Waals surface area contributed by atoms with Crippen LogP contribution >= 0.6 is 11.3 Å². The second kappa shape index (κ2) is 8.64. The molecule has 0 aliphatic carbocycles. The highest BCUT2D eigenvalue weighted by atomic mass is 32.2. The quantitative estimate of drug-likeness (QED) is 0.561. The number of rotatable bonds is 6. The van der Waals surface area contributed by atoms with Gasteiger partial charge in [0.15, 0.2) is 5.01 Å². The number of sulfone groups is 1. The summed E-state index contributed by atoms with van der Waals surface area (Å²) in [4.78, 5) is 3.72. The summed E-state index contributed by atoms with van der Waals surface area (Å²) < 4.78 is 71.9. The second-order valence-corrected chi connectivity index (χ2v) is 9.98. The number of benzene rings is 1. The van der Waals surface area contributed by atoms with Gasteiger partial charge in [0, 0.05) is 19.2 Å². The topological polar surface area (TPSA) is 117 Å². The van der Waals surface area contributed by atoms with E-state index in [-0.39, 0.29) is 21.6 Å². The molecule has 13 heteroatoms. The van der Waals surface area contributed by atoms with Gasteiger partial charge in [0.05, 0.1) is 21.6 Å². The number of aromatic nitrogens is 3. The van der Waals surface area contributed by atoms with Gasteiger partial charge in [-0.05, 0) is 43.2 Å². The van der Waals surface area contributed by atoms with E-state index in [4.69, 9.17) is 10.5 Å². The molecule has 1 unspecified atom stereocenters. The van der Waals surface area contributed by atoms with E-state index in [9.17, 15) is 21.6 Å². The molecular formula is C19H17F3N4O4S2. The van der Waals surface area contributed by atoms with Crippen LogP contribution in [0, 0.1) is 0 Å². The molecule has 170 valence electrons. The Hall–Kier alpha value is -2.77. The Kier molecular flexibility index (Phi) is 6.05. The Morgan fingerprint density at radius 3 is 2.56 bits per heavy atom. The number of pyridine rings is 1. The highest BCUT2D eigenvalue weighted by Crippen LogP contribution is 2.32. The van der Waals surface area contributed by atoms with Crippen molar-refractivity contribution in [3.05, 3.63) is 41.5 Å². The van der Waals surface area contributed by atoms with Crippen molar-refractivity contribution in [2.75, 3.05) is 12.3 Å². The maximum absolute atomic E-state index is 12.8. The summed E-state index contributed by atoms with van der Waals surface area (Å²) in [7, 11) is -4.06. The fourth-order valence-electron chi connectivity index (χ4n) is 3.18. The molecule has 1 aliphatic rings. The number of halogens is 3. The Morgan fingerprint density at radius 1 is 1.19 bits per heavy atom. The average molecular weight is 486 g/mol. The first-order chi connectivity index (χ1) is 15.1. The molecule has 1 aliphatic heterocycles. The van der Waals surface area contributed by atoms with Gasteiger partial charge in [-0.2, -0.15) is 0 Å². The molecule has 0 radical (unpaired) electrons. The van der Waals surface area contributed by atoms with Crippen molar-refractivity contribution in [2.45, 2.75) is 41.5 Å². The third-order valence-electron chi connectivity index (χ3n) is 4.67. The standard InChI is InChI=1S/C19H17F3N4O4S2/c20-19(21,22)30-11-3-5-13(6-4-11)32(27,28)14-9-15(23)17(24-10-14)18-26-25-16(31-18)8-12-2-1-7-29-12/h3-6,9-10,12H,1-2,7-8,23H2. The summed E-state index contributed by atoms with van der Waals surface area (Å²) in [5, 5.41) is 9.45. The zero-order valence-corrected chi connectivity index (χ0v) is 18.0. The van der Waals surface area contributed by atoms with Crippen molar-refractivity contribution in [1.82, 2.24) is 15.2 Å². The molecule has 0 amide bonds. The summed E-state index contributed by atoms with van der Waals surface area (Å²) in [6.45, 7) is 0.735. The highest BCUT2D eigenvalue weighted by Gasteiger charge is 2.31. The van der Waals surface area contributed by atoms with Crippen LogP contribution in [0.2, 0.25) is 0 Å². The third-order valence-corrected chi connectivity index (χ3v) is 7.35. The molecule has 3 heterocycles. The molecule has 0 saturated carbocycles. The molecule has 1 saturated heterocycles. The van der Waals surface area contributed by atoms with E-state index >= 15 is 0 Å².